The number of nitrogens with zero attached hydrogens (tertiary/aromatic N) is 3. The summed E-state index contributed by atoms with van der Waals surface area (Å²) < 4.78 is 4.87. The third-order valence-electron chi connectivity index (χ3n) is 6.36. The maximum Gasteiger partial charge on any atom is 0.410 e. The number of ether oxygens (including phenoxy) is 1. The van der Waals surface area contributed by atoms with E-state index < -0.39 is 6.09 Å². The molecule has 0 unspecified atom stereocenters. The van der Waals surface area contributed by atoms with Crippen LogP contribution in [0.3, 0.4) is 0 Å². The van der Waals surface area contributed by atoms with Gasteiger partial charge in [0.1, 0.15) is 13.2 Å². The number of cyclic esters (lactones) is 1. The highest BCUT2D eigenvalue weighted by atomic mass is 16.6. The van der Waals surface area contributed by atoms with Crippen LogP contribution in [0.4, 0.5) is 4.79 Å². The Balaban J connectivity index is 1.29. The van der Waals surface area contributed by atoms with E-state index in [1.165, 1.54) is 17.7 Å². The van der Waals surface area contributed by atoms with E-state index in [2.05, 4.69) is 17.1 Å². The fourth-order valence-electron chi connectivity index (χ4n) is 4.50. The summed E-state index contributed by atoms with van der Waals surface area (Å²) >= 11 is 0. The van der Waals surface area contributed by atoms with Crippen molar-refractivity contribution in [1.82, 2.24) is 20.0 Å². The van der Waals surface area contributed by atoms with E-state index in [0.29, 0.717) is 44.6 Å². The molecule has 3 rings (SSSR count). The third kappa shape index (κ3) is 5.59. The van der Waals surface area contributed by atoms with Gasteiger partial charge in [-0.15, -0.1) is 0 Å². The van der Waals surface area contributed by atoms with E-state index in [-0.39, 0.29) is 18.4 Å². The molecule has 0 saturated carbocycles. The highest BCUT2D eigenvalue weighted by molar-refractivity contribution is 5.83. The molecule has 1 atom stereocenters. The number of piperidine rings is 1. The zero-order chi connectivity index (χ0) is 19.9. The van der Waals surface area contributed by atoms with Gasteiger partial charge in [-0.2, -0.15) is 0 Å². The van der Waals surface area contributed by atoms with Crippen LogP contribution in [0.1, 0.15) is 45.4 Å². The van der Waals surface area contributed by atoms with Crippen molar-refractivity contribution in [3.05, 3.63) is 0 Å². The first kappa shape index (κ1) is 20.9. The molecule has 1 N–H and O–H groups in total. The maximum absolute atomic E-state index is 12.3. The minimum Gasteiger partial charge on any atom is -0.448 e. The highest BCUT2D eigenvalue weighted by Gasteiger charge is 2.29. The predicted molar refractivity (Wildman–Crippen MR) is 105 cm³/mol. The molecule has 0 aromatic rings. The lowest BCUT2D eigenvalue weighted by atomic mass is 9.92. The van der Waals surface area contributed by atoms with Crippen molar-refractivity contribution < 1.29 is 19.1 Å². The van der Waals surface area contributed by atoms with Crippen LogP contribution in [0.15, 0.2) is 0 Å². The molecular weight excluding hydrogens is 360 g/mol. The summed E-state index contributed by atoms with van der Waals surface area (Å²) in [5.41, 5.74) is 0. The molecule has 158 valence electrons. The largest absolute Gasteiger partial charge is 0.448 e. The fraction of sp³-hybridized carbons (Fsp3) is 0.850. The summed E-state index contributed by atoms with van der Waals surface area (Å²) in [7, 11) is 0. The van der Waals surface area contributed by atoms with Crippen molar-refractivity contribution in [1.29, 1.82) is 0 Å². The molecule has 8 heteroatoms. The Morgan fingerprint density at radius 2 is 1.93 bits per heavy atom. The Morgan fingerprint density at radius 3 is 2.61 bits per heavy atom. The Morgan fingerprint density at radius 1 is 1.14 bits per heavy atom. The molecule has 0 radical (unpaired) electrons. The van der Waals surface area contributed by atoms with Crippen LogP contribution in [-0.4, -0.2) is 91.1 Å². The maximum atomic E-state index is 12.3. The van der Waals surface area contributed by atoms with Crippen molar-refractivity contribution in [2.75, 3.05) is 52.4 Å². The topological polar surface area (TPSA) is 82.2 Å². The zero-order valence-corrected chi connectivity index (χ0v) is 17.0. The second-order valence-corrected chi connectivity index (χ2v) is 8.13. The lowest BCUT2D eigenvalue weighted by molar-refractivity contribution is -0.133. The van der Waals surface area contributed by atoms with Crippen molar-refractivity contribution >= 4 is 17.9 Å². The standard InChI is InChI=1S/C20H34N4O4/c1-2-22-9-3-4-17(22)14-21-18(25)6-5-16-7-10-23(11-8-16)19(26)15-24-12-13-28-20(24)27/h16-17H,2-15H2,1H3,(H,21,25)/t17-/m0/s1. The SMILES string of the molecule is CCN1CCC[C@H]1CNC(=O)CCC1CCN(C(=O)CN2CCOC2=O)CC1. The van der Waals surface area contributed by atoms with Gasteiger partial charge in [0.25, 0.3) is 0 Å². The Labute approximate surface area is 167 Å². The molecule has 0 bridgehead atoms. The first-order valence-corrected chi connectivity index (χ1v) is 10.8. The number of carbonyl (C=O) groups is 3. The average molecular weight is 395 g/mol. The van der Waals surface area contributed by atoms with E-state index in [1.54, 1.807) is 0 Å². The molecule has 0 aromatic heterocycles. The fourth-order valence-corrected chi connectivity index (χ4v) is 4.50. The van der Waals surface area contributed by atoms with E-state index in [9.17, 15) is 14.4 Å². The summed E-state index contributed by atoms with van der Waals surface area (Å²) in [4.78, 5) is 41.7. The molecule has 8 nitrogen and oxygen atoms in total. The summed E-state index contributed by atoms with van der Waals surface area (Å²) in [5, 5.41) is 3.11. The molecule has 3 aliphatic rings. The van der Waals surface area contributed by atoms with Crippen molar-refractivity contribution in [3.8, 4) is 0 Å². The van der Waals surface area contributed by atoms with Gasteiger partial charge in [0, 0.05) is 32.1 Å². The van der Waals surface area contributed by atoms with Gasteiger partial charge in [-0.3, -0.25) is 19.4 Å². The number of likely N-dealkylation sites (tertiary alicyclic amines) is 2. The number of rotatable bonds is 8. The van der Waals surface area contributed by atoms with Crippen molar-refractivity contribution in [2.24, 2.45) is 5.92 Å². The molecular formula is C20H34N4O4. The molecule has 3 heterocycles. The van der Waals surface area contributed by atoms with Crippen LogP contribution in [0, 0.1) is 5.92 Å². The molecule has 0 aromatic carbocycles. The Hall–Kier alpha value is -1.83. The average Bonchev–Trinajstić information content (AvgIpc) is 3.33. The molecule has 3 saturated heterocycles. The summed E-state index contributed by atoms with van der Waals surface area (Å²) in [6.07, 6.45) is 5.31. The van der Waals surface area contributed by atoms with Gasteiger partial charge < -0.3 is 15.0 Å². The minimum absolute atomic E-state index is 0.00733. The first-order chi connectivity index (χ1) is 13.6. The number of amides is 3. The quantitative estimate of drug-likeness (QED) is 0.666. The molecule has 3 aliphatic heterocycles. The Bertz CT molecular complexity index is 562. The number of carbonyl (C=O) groups excluding carboxylic acids is 3. The lowest BCUT2D eigenvalue weighted by Crippen LogP contribution is -2.44. The van der Waals surface area contributed by atoms with Gasteiger partial charge in [0.2, 0.25) is 11.8 Å². The van der Waals surface area contributed by atoms with Gasteiger partial charge in [-0.1, -0.05) is 6.92 Å². The lowest BCUT2D eigenvalue weighted by Gasteiger charge is -2.32. The smallest absolute Gasteiger partial charge is 0.410 e. The van der Waals surface area contributed by atoms with E-state index >= 15 is 0 Å². The van der Waals surface area contributed by atoms with Gasteiger partial charge in [-0.25, -0.2) is 4.79 Å². The molecule has 3 amide bonds. The van der Waals surface area contributed by atoms with Crippen LogP contribution in [0.2, 0.25) is 0 Å². The van der Waals surface area contributed by atoms with E-state index in [0.717, 1.165) is 38.9 Å². The monoisotopic (exact) mass is 394 g/mol. The van der Waals surface area contributed by atoms with Gasteiger partial charge in [0.15, 0.2) is 0 Å². The van der Waals surface area contributed by atoms with E-state index in [4.69, 9.17) is 4.74 Å². The normalized spacial score (nSPS) is 23.9. The summed E-state index contributed by atoms with van der Waals surface area (Å²) in [6, 6.07) is 0.496. The third-order valence-corrected chi connectivity index (χ3v) is 6.36. The van der Waals surface area contributed by atoms with E-state index in [1.807, 2.05) is 4.90 Å². The zero-order valence-electron chi connectivity index (χ0n) is 17.0. The van der Waals surface area contributed by atoms with Crippen molar-refractivity contribution in [2.45, 2.75) is 51.5 Å². The van der Waals surface area contributed by atoms with Crippen LogP contribution in [0.5, 0.6) is 0 Å². The van der Waals surface area contributed by atoms with Gasteiger partial charge >= 0.3 is 6.09 Å². The van der Waals surface area contributed by atoms with Crippen LogP contribution < -0.4 is 5.32 Å². The highest BCUT2D eigenvalue weighted by Crippen LogP contribution is 2.22. The number of hydrogen-bond donors (Lipinski definition) is 1. The Kier molecular flexibility index (Phi) is 7.53. The van der Waals surface area contributed by atoms with Gasteiger partial charge in [-0.05, 0) is 51.1 Å². The van der Waals surface area contributed by atoms with Gasteiger partial charge in [0.05, 0.1) is 6.54 Å². The second-order valence-electron chi connectivity index (χ2n) is 8.13. The first-order valence-electron chi connectivity index (χ1n) is 10.8. The van der Waals surface area contributed by atoms with Crippen molar-refractivity contribution in [3.63, 3.8) is 0 Å². The second kappa shape index (κ2) is 10.1. The molecule has 0 spiro atoms. The summed E-state index contributed by atoms with van der Waals surface area (Å²) in [5.74, 6) is 0.631. The van der Waals surface area contributed by atoms with Crippen LogP contribution in [0.25, 0.3) is 0 Å². The predicted octanol–water partition coefficient (Wildman–Crippen LogP) is 1.06. The summed E-state index contributed by atoms with van der Waals surface area (Å²) in [6.45, 7) is 7.53. The number of likely N-dealkylation sites (N-methyl/N-ethyl adjacent to an activating group) is 1. The number of nitrogens with one attached hydrogen (secondary N) is 1. The molecule has 3 fully saturated rings. The van der Waals surface area contributed by atoms with Crippen LogP contribution >= 0.6 is 0 Å². The molecule has 0 aliphatic carbocycles. The molecule has 28 heavy (non-hydrogen) atoms. The minimum atomic E-state index is -0.395. The number of hydrogen-bond acceptors (Lipinski definition) is 5. The van der Waals surface area contributed by atoms with Crippen LogP contribution in [-0.2, 0) is 14.3 Å².